The van der Waals surface area contributed by atoms with Gasteiger partial charge in [-0.2, -0.15) is 0 Å². The van der Waals surface area contributed by atoms with Crippen LogP contribution >= 0.6 is 23.2 Å². The number of benzene rings is 1. The van der Waals surface area contributed by atoms with E-state index < -0.39 is 10.0 Å². The Labute approximate surface area is 135 Å². The third-order valence-corrected chi connectivity index (χ3v) is 4.89. The molecule has 0 aliphatic rings. The molecular weight excluding hydrogens is 337 g/mol. The second kappa shape index (κ2) is 8.17. The van der Waals surface area contributed by atoms with Crippen LogP contribution in [0.5, 0.6) is 0 Å². The molecule has 0 heterocycles. The molecule has 0 unspecified atom stereocenters. The molecular formula is C12H19Cl2N3O3S. The van der Waals surface area contributed by atoms with Crippen LogP contribution in [0.25, 0.3) is 0 Å². The molecule has 0 aliphatic heterocycles. The number of anilines is 1. The first-order valence-corrected chi connectivity index (χ1v) is 8.44. The minimum absolute atomic E-state index is 0.0129. The standard InChI is InChI=1S/C12H19Cl2N3O3S/c1-17(2)4-6-20-5-3-16-21(18,19)12-10(13)7-9(15)8-11(12)14/h7-8,16H,3-6,15H2,1-2H3. The Morgan fingerprint density at radius 2 is 1.81 bits per heavy atom. The molecule has 9 heteroatoms. The van der Waals surface area contributed by atoms with E-state index >= 15 is 0 Å². The molecule has 0 atom stereocenters. The van der Waals surface area contributed by atoms with E-state index in [1.54, 1.807) is 0 Å². The molecule has 6 nitrogen and oxygen atoms in total. The Morgan fingerprint density at radius 3 is 2.33 bits per heavy atom. The molecule has 0 saturated carbocycles. The third kappa shape index (κ3) is 5.98. The van der Waals surface area contributed by atoms with Gasteiger partial charge in [-0.15, -0.1) is 0 Å². The summed E-state index contributed by atoms with van der Waals surface area (Å²) in [5.74, 6) is 0. The zero-order chi connectivity index (χ0) is 16.0. The topological polar surface area (TPSA) is 84.7 Å². The molecule has 1 aromatic rings. The molecule has 120 valence electrons. The molecule has 0 fully saturated rings. The van der Waals surface area contributed by atoms with Crippen molar-refractivity contribution in [3.8, 4) is 0 Å². The van der Waals surface area contributed by atoms with Gasteiger partial charge in [0, 0.05) is 18.8 Å². The Bertz CT molecular complexity index is 556. The quantitative estimate of drug-likeness (QED) is 0.544. The van der Waals surface area contributed by atoms with Crippen LogP contribution in [-0.2, 0) is 14.8 Å². The minimum Gasteiger partial charge on any atom is -0.399 e. The summed E-state index contributed by atoms with van der Waals surface area (Å²) in [6, 6.07) is 2.69. The van der Waals surface area contributed by atoms with Gasteiger partial charge in [0.2, 0.25) is 10.0 Å². The number of nitrogen functional groups attached to an aromatic ring is 1. The number of hydrogen-bond donors (Lipinski definition) is 2. The largest absolute Gasteiger partial charge is 0.399 e. The molecule has 0 saturated heterocycles. The molecule has 3 N–H and O–H groups in total. The van der Waals surface area contributed by atoms with Crippen LogP contribution in [0.1, 0.15) is 0 Å². The van der Waals surface area contributed by atoms with E-state index in [0.29, 0.717) is 12.3 Å². The molecule has 21 heavy (non-hydrogen) atoms. The van der Waals surface area contributed by atoms with Crippen molar-refractivity contribution in [2.45, 2.75) is 4.90 Å². The number of halogens is 2. The average Bonchev–Trinajstić information content (AvgIpc) is 2.31. The van der Waals surface area contributed by atoms with Gasteiger partial charge in [-0.05, 0) is 26.2 Å². The minimum atomic E-state index is -3.80. The van der Waals surface area contributed by atoms with Crippen molar-refractivity contribution < 1.29 is 13.2 Å². The lowest BCUT2D eigenvalue weighted by molar-refractivity contribution is 0.122. The van der Waals surface area contributed by atoms with Gasteiger partial charge in [0.25, 0.3) is 0 Å². The zero-order valence-electron chi connectivity index (χ0n) is 11.9. The normalized spacial score (nSPS) is 12.0. The summed E-state index contributed by atoms with van der Waals surface area (Å²) < 4.78 is 32.0. The number of ether oxygens (including phenoxy) is 1. The summed E-state index contributed by atoms with van der Waals surface area (Å²) in [5.41, 5.74) is 5.84. The van der Waals surface area contributed by atoms with Gasteiger partial charge in [-0.3, -0.25) is 0 Å². The smallest absolute Gasteiger partial charge is 0.243 e. The van der Waals surface area contributed by atoms with E-state index in [2.05, 4.69) is 4.72 Å². The number of hydrogen-bond acceptors (Lipinski definition) is 5. The molecule has 1 aromatic carbocycles. The van der Waals surface area contributed by atoms with Crippen LogP contribution in [0.15, 0.2) is 17.0 Å². The number of rotatable bonds is 8. The number of nitrogens with two attached hydrogens (primary N) is 1. The Morgan fingerprint density at radius 1 is 1.24 bits per heavy atom. The van der Waals surface area contributed by atoms with Crippen molar-refractivity contribution in [3.05, 3.63) is 22.2 Å². The van der Waals surface area contributed by atoms with Crippen molar-refractivity contribution >= 4 is 38.9 Å². The van der Waals surface area contributed by atoms with Crippen LogP contribution in [-0.4, -0.2) is 53.7 Å². The molecule has 1 rings (SSSR count). The van der Waals surface area contributed by atoms with Crippen LogP contribution < -0.4 is 10.5 Å². The van der Waals surface area contributed by atoms with Crippen LogP contribution in [0, 0.1) is 0 Å². The highest BCUT2D eigenvalue weighted by atomic mass is 35.5. The lowest BCUT2D eigenvalue weighted by atomic mass is 10.3. The highest BCUT2D eigenvalue weighted by Gasteiger charge is 2.21. The van der Waals surface area contributed by atoms with Crippen molar-refractivity contribution in [1.29, 1.82) is 0 Å². The van der Waals surface area contributed by atoms with E-state index in [-0.39, 0.29) is 28.1 Å². The molecule has 0 radical (unpaired) electrons. The maximum absolute atomic E-state index is 12.1. The lowest BCUT2D eigenvalue weighted by Crippen LogP contribution is -2.29. The molecule has 0 aromatic heterocycles. The first-order chi connectivity index (χ1) is 9.74. The number of nitrogens with zero attached hydrogens (tertiary/aromatic N) is 1. The van der Waals surface area contributed by atoms with Crippen molar-refractivity contribution in [2.24, 2.45) is 0 Å². The highest BCUT2D eigenvalue weighted by Crippen LogP contribution is 2.31. The van der Waals surface area contributed by atoms with Gasteiger partial charge >= 0.3 is 0 Å². The van der Waals surface area contributed by atoms with Gasteiger partial charge < -0.3 is 15.4 Å². The Hall–Kier alpha value is -0.570. The van der Waals surface area contributed by atoms with Crippen LogP contribution in [0.4, 0.5) is 5.69 Å². The summed E-state index contributed by atoms with van der Waals surface area (Å²) in [7, 11) is 0.0537. The fourth-order valence-electron chi connectivity index (χ4n) is 1.51. The van der Waals surface area contributed by atoms with E-state index in [4.69, 9.17) is 33.7 Å². The fraction of sp³-hybridized carbons (Fsp3) is 0.500. The number of sulfonamides is 1. The van der Waals surface area contributed by atoms with E-state index in [9.17, 15) is 8.42 Å². The first kappa shape index (κ1) is 18.5. The van der Waals surface area contributed by atoms with E-state index in [1.807, 2.05) is 19.0 Å². The predicted octanol–water partition coefficient (Wildman–Crippen LogP) is 1.43. The lowest BCUT2D eigenvalue weighted by Gasteiger charge is -2.12. The predicted molar refractivity (Wildman–Crippen MR) is 85.4 cm³/mol. The van der Waals surface area contributed by atoms with E-state index in [0.717, 1.165) is 6.54 Å². The van der Waals surface area contributed by atoms with Crippen LogP contribution in [0.2, 0.25) is 10.0 Å². The van der Waals surface area contributed by atoms with Crippen LogP contribution in [0.3, 0.4) is 0 Å². The van der Waals surface area contributed by atoms with Gasteiger partial charge in [0.1, 0.15) is 4.90 Å². The molecule has 0 aliphatic carbocycles. The van der Waals surface area contributed by atoms with Gasteiger partial charge in [-0.1, -0.05) is 23.2 Å². The van der Waals surface area contributed by atoms with Crippen molar-refractivity contribution in [1.82, 2.24) is 9.62 Å². The highest BCUT2D eigenvalue weighted by molar-refractivity contribution is 7.89. The van der Waals surface area contributed by atoms with Gasteiger partial charge in [0.15, 0.2) is 0 Å². The second-order valence-corrected chi connectivity index (χ2v) is 7.15. The second-order valence-electron chi connectivity index (χ2n) is 4.63. The summed E-state index contributed by atoms with van der Waals surface area (Å²) in [6.45, 7) is 1.69. The Balaban J connectivity index is 2.59. The number of likely N-dealkylation sites (N-methyl/N-ethyl adjacent to an activating group) is 1. The Kier molecular flexibility index (Phi) is 7.19. The summed E-state index contributed by atoms with van der Waals surface area (Å²) in [5, 5.41) is -0.0259. The summed E-state index contributed by atoms with van der Waals surface area (Å²) in [6.07, 6.45) is 0. The maximum Gasteiger partial charge on any atom is 0.243 e. The summed E-state index contributed by atoms with van der Waals surface area (Å²) in [4.78, 5) is 1.80. The molecule has 0 bridgehead atoms. The molecule has 0 amide bonds. The number of nitrogens with one attached hydrogen (secondary N) is 1. The average molecular weight is 356 g/mol. The fourth-order valence-corrected chi connectivity index (χ4v) is 3.75. The molecule has 0 spiro atoms. The van der Waals surface area contributed by atoms with Gasteiger partial charge in [-0.25, -0.2) is 13.1 Å². The monoisotopic (exact) mass is 355 g/mol. The van der Waals surface area contributed by atoms with Crippen molar-refractivity contribution in [2.75, 3.05) is 46.1 Å². The SMILES string of the molecule is CN(C)CCOCCNS(=O)(=O)c1c(Cl)cc(N)cc1Cl. The summed E-state index contributed by atoms with van der Waals surface area (Å²) >= 11 is 11.8. The third-order valence-electron chi connectivity index (χ3n) is 2.51. The van der Waals surface area contributed by atoms with Crippen molar-refractivity contribution in [3.63, 3.8) is 0 Å². The van der Waals surface area contributed by atoms with Gasteiger partial charge in [0.05, 0.1) is 23.3 Å². The first-order valence-electron chi connectivity index (χ1n) is 6.20. The van der Waals surface area contributed by atoms with E-state index in [1.165, 1.54) is 12.1 Å². The zero-order valence-corrected chi connectivity index (χ0v) is 14.2. The maximum atomic E-state index is 12.1.